The molecule has 3 N–H and O–H groups in total. The number of hydrogen-bond donors (Lipinski definition) is 3. The Hall–Kier alpha value is -2.61. The third-order valence-electron chi connectivity index (χ3n) is 5.34. The number of carbonyl (C=O) groups excluding carboxylic acids is 2. The second-order valence-corrected chi connectivity index (χ2v) is 8.40. The average Bonchev–Trinajstić information content (AvgIpc) is 3.58. The fraction of sp³-hybridized carbons (Fsp3) is 0.391. The standard InChI is InChI=1S/C23H27ClN4O3/c24-21-9-8-18(12-20(21)22(29)26-17-6-7-17)27-23(30)25-13-19-15-28(10-11-31-19)14-16-4-2-1-3-5-16/h1-5,8-9,12,17,19H,6-7,10-11,13-15H2,(H,26,29)(H2,25,27,30). The molecule has 2 aromatic carbocycles. The lowest BCUT2D eigenvalue weighted by atomic mass is 10.2. The van der Waals surface area contributed by atoms with Crippen molar-refractivity contribution in [1.82, 2.24) is 15.5 Å². The Labute approximate surface area is 187 Å². The lowest BCUT2D eigenvalue weighted by Gasteiger charge is -2.33. The van der Waals surface area contributed by atoms with Gasteiger partial charge in [-0.2, -0.15) is 0 Å². The number of morpholine rings is 1. The summed E-state index contributed by atoms with van der Waals surface area (Å²) in [6.45, 7) is 3.52. The number of urea groups is 1. The van der Waals surface area contributed by atoms with Gasteiger partial charge in [0.1, 0.15) is 0 Å². The van der Waals surface area contributed by atoms with Gasteiger partial charge in [-0.25, -0.2) is 4.79 Å². The Morgan fingerprint density at radius 2 is 1.94 bits per heavy atom. The van der Waals surface area contributed by atoms with Crippen molar-refractivity contribution in [2.24, 2.45) is 0 Å². The minimum absolute atomic E-state index is 0.0756. The smallest absolute Gasteiger partial charge is 0.319 e. The molecule has 2 fully saturated rings. The fourth-order valence-corrected chi connectivity index (χ4v) is 3.74. The summed E-state index contributed by atoms with van der Waals surface area (Å²) in [7, 11) is 0. The van der Waals surface area contributed by atoms with Crippen molar-refractivity contribution in [3.05, 3.63) is 64.7 Å². The van der Waals surface area contributed by atoms with Gasteiger partial charge in [0.15, 0.2) is 0 Å². The van der Waals surface area contributed by atoms with E-state index in [0.717, 1.165) is 32.5 Å². The normalized spacial score (nSPS) is 18.9. The number of carbonyl (C=O) groups is 2. The fourth-order valence-electron chi connectivity index (χ4n) is 3.54. The van der Waals surface area contributed by atoms with E-state index < -0.39 is 0 Å². The lowest BCUT2D eigenvalue weighted by Crippen LogP contribution is -2.47. The Bertz CT molecular complexity index is 920. The topological polar surface area (TPSA) is 82.7 Å². The summed E-state index contributed by atoms with van der Waals surface area (Å²) >= 11 is 6.16. The van der Waals surface area contributed by atoms with Gasteiger partial charge < -0.3 is 20.7 Å². The van der Waals surface area contributed by atoms with Crippen LogP contribution in [0.1, 0.15) is 28.8 Å². The highest BCUT2D eigenvalue weighted by atomic mass is 35.5. The second-order valence-electron chi connectivity index (χ2n) is 7.99. The van der Waals surface area contributed by atoms with Gasteiger partial charge in [-0.1, -0.05) is 41.9 Å². The van der Waals surface area contributed by atoms with Crippen molar-refractivity contribution >= 4 is 29.2 Å². The van der Waals surface area contributed by atoms with Crippen LogP contribution in [-0.2, 0) is 11.3 Å². The minimum Gasteiger partial charge on any atom is -0.374 e. The summed E-state index contributed by atoms with van der Waals surface area (Å²) in [5, 5.41) is 8.89. The lowest BCUT2D eigenvalue weighted by molar-refractivity contribution is -0.0285. The molecule has 4 rings (SSSR count). The predicted molar refractivity (Wildman–Crippen MR) is 120 cm³/mol. The molecule has 1 heterocycles. The molecule has 8 heteroatoms. The van der Waals surface area contributed by atoms with Crippen molar-refractivity contribution in [3.8, 4) is 0 Å². The summed E-state index contributed by atoms with van der Waals surface area (Å²) in [6.07, 6.45) is 1.92. The maximum Gasteiger partial charge on any atom is 0.319 e. The Morgan fingerprint density at radius 1 is 1.13 bits per heavy atom. The Morgan fingerprint density at radius 3 is 2.71 bits per heavy atom. The van der Waals surface area contributed by atoms with Crippen molar-refractivity contribution in [3.63, 3.8) is 0 Å². The van der Waals surface area contributed by atoms with Crippen molar-refractivity contribution in [1.29, 1.82) is 0 Å². The summed E-state index contributed by atoms with van der Waals surface area (Å²) in [4.78, 5) is 27.0. The zero-order valence-corrected chi connectivity index (χ0v) is 18.0. The van der Waals surface area contributed by atoms with Gasteiger partial charge in [0.25, 0.3) is 5.91 Å². The van der Waals surface area contributed by atoms with Crippen LogP contribution in [0, 0.1) is 0 Å². The highest BCUT2D eigenvalue weighted by Crippen LogP contribution is 2.24. The molecule has 1 saturated heterocycles. The predicted octanol–water partition coefficient (Wildman–Crippen LogP) is 3.25. The molecule has 164 valence electrons. The van der Waals surface area contributed by atoms with Crippen LogP contribution >= 0.6 is 11.6 Å². The first kappa shape index (κ1) is 21.6. The molecule has 2 aromatic rings. The third-order valence-corrected chi connectivity index (χ3v) is 5.67. The van der Waals surface area contributed by atoms with Crippen LogP contribution in [0.25, 0.3) is 0 Å². The van der Waals surface area contributed by atoms with Gasteiger partial charge in [0.05, 0.1) is 23.3 Å². The molecule has 1 saturated carbocycles. The van der Waals surface area contributed by atoms with Crippen molar-refractivity contribution in [2.45, 2.75) is 31.5 Å². The summed E-state index contributed by atoms with van der Waals surface area (Å²) in [5.41, 5.74) is 2.13. The number of hydrogen-bond acceptors (Lipinski definition) is 4. The van der Waals surface area contributed by atoms with E-state index in [-0.39, 0.29) is 24.1 Å². The first-order chi connectivity index (χ1) is 15.1. The number of amides is 3. The quantitative estimate of drug-likeness (QED) is 0.614. The van der Waals surface area contributed by atoms with Crippen LogP contribution in [-0.4, -0.2) is 55.2 Å². The molecule has 1 atom stereocenters. The molecule has 1 aliphatic carbocycles. The van der Waals surface area contributed by atoms with Gasteiger partial charge in [-0.15, -0.1) is 0 Å². The highest BCUT2D eigenvalue weighted by Gasteiger charge is 2.25. The molecular formula is C23H27ClN4O3. The molecule has 0 spiro atoms. The van der Waals surface area contributed by atoms with E-state index in [4.69, 9.17) is 16.3 Å². The first-order valence-electron chi connectivity index (χ1n) is 10.6. The van der Waals surface area contributed by atoms with Gasteiger partial charge in [0.2, 0.25) is 0 Å². The van der Waals surface area contributed by atoms with Gasteiger partial charge in [-0.05, 0) is 36.6 Å². The zero-order chi connectivity index (χ0) is 21.6. The molecule has 3 amide bonds. The Kier molecular flexibility index (Phi) is 7.06. The van der Waals surface area contributed by atoms with Crippen molar-refractivity contribution in [2.75, 3.05) is 31.6 Å². The van der Waals surface area contributed by atoms with Gasteiger partial charge in [0, 0.05) is 37.9 Å². The number of nitrogens with zero attached hydrogens (tertiary/aromatic N) is 1. The second kappa shape index (κ2) is 10.1. The number of anilines is 1. The van der Waals surface area contributed by atoms with Crippen molar-refractivity contribution < 1.29 is 14.3 Å². The summed E-state index contributed by atoms with van der Waals surface area (Å²) < 4.78 is 5.80. The van der Waals surface area contributed by atoms with Crippen LogP contribution in [0.4, 0.5) is 10.5 Å². The van der Waals surface area contributed by atoms with Crippen LogP contribution in [0.2, 0.25) is 5.02 Å². The molecule has 1 aliphatic heterocycles. The Balaban J connectivity index is 1.25. The van der Waals surface area contributed by atoms with Crippen LogP contribution in [0.3, 0.4) is 0 Å². The molecule has 0 radical (unpaired) electrons. The molecule has 1 unspecified atom stereocenters. The number of halogens is 1. The van der Waals surface area contributed by atoms with Gasteiger partial charge >= 0.3 is 6.03 Å². The van der Waals surface area contributed by atoms with Gasteiger partial charge in [-0.3, -0.25) is 9.69 Å². The van der Waals surface area contributed by atoms with Crippen LogP contribution < -0.4 is 16.0 Å². The summed E-state index contributed by atoms with van der Waals surface area (Å²) in [5.74, 6) is -0.217. The minimum atomic E-state index is -0.348. The molecule has 31 heavy (non-hydrogen) atoms. The largest absolute Gasteiger partial charge is 0.374 e. The van der Waals surface area contributed by atoms with E-state index in [0.29, 0.717) is 29.4 Å². The third kappa shape index (κ3) is 6.43. The SMILES string of the molecule is O=C(NCC1CN(Cc2ccccc2)CCO1)Nc1ccc(Cl)c(C(=O)NC2CC2)c1. The maximum atomic E-state index is 12.4. The number of benzene rings is 2. The molecular weight excluding hydrogens is 416 g/mol. The zero-order valence-electron chi connectivity index (χ0n) is 17.3. The van der Waals surface area contributed by atoms with E-state index in [1.807, 2.05) is 18.2 Å². The number of nitrogens with one attached hydrogen (secondary N) is 3. The molecule has 7 nitrogen and oxygen atoms in total. The van der Waals surface area contributed by atoms with E-state index in [1.54, 1.807) is 18.2 Å². The van der Waals surface area contributed by atoms with E-state index in [1.165, 1.54) is 5.56 Å². The molecule has 2 aliphatic rings. The van der Waals surface area contributed by atoms with E-state index in [2.05, 4.69) is 33.0 Å². The number of ether oxygens (including phenoxy) is 1. The average molecular weight is 443 g/mol. The van der Waals surface area contributed by atoms with Crippen LogP contribution in [0.5, 0.6) is 0 Å². The van der Waals surface area contributed by atoms with E-state index in [9.17, 15) is 9.59 Å². The molecule has 0 aromatic heterocycles. The summed E-state index contributed by atoms with van der Waals surface area (Å²) in [6, 6.07) is 15.1. The first-order valence-corrected chi connectivity index (χ1v) is 11.0. The highest BCUT2D eigenvalue weighted by molar-refractivity contribution is 6.34. The van der Waals surface area contributed by atoms with Crippen LogP contribution in [0.15, 0.2) is 48.5 Å². The maximum absolute atomic E-state index is 12.4. The monoisotopic (exact) mass is 442 g/mol. The number of rotatable bonds is 7. The van der Waals surface area contributed by atoms with E-state index >= 15 is 0 Å². The molecule has 0 bridgehead atoms.